The van der Waals surface area contributed by atoms with Gasteiger partial charge in [-0.25, -0.2) is 4.98 Å². The molecule has 1 aromatic carbocycles. The van der Waals surface area contributed by atoms with Crippen LogP contribution in [0.25, 0.3) is 11.4 Å². The van der Waals surface area contributed by atoms with Crippen molar-refractivity contribution in [3.8, 4) is 17.3 Å². The predicted molar refractivity (Wildman–Crippen MR) is 107 cm³/mol. The van der Waals surface area contributed by atoms with Crippen LogP contribution in [0.3, 0.4) is 0 Å². The number of anilines is 1. The number of tetrazole rings is 1. The van der Waals surface area contributed by atoms with Crippen LogP contribution in [0.15, 0.2) is 46.3 Å². The van der Waals surface area contributed by atoms with E-state index in [0.29, 0.717) is 29.4 Å². The molecular weight excluding hydrogens is 414 g/mol. The Bertz CT molecular complexity index is 980. The Labute approximate surface area is 173 Å². The van der Waals surface area contributed by atoms with Crippen LogP contribution in [-0.2, 0) is 11.1 Å². The van der Waals surface area contributed by atoms with E-state index in [4.69, 9.17) is 9.88 Å². The first-order valence-corrected chi connectivity index (χ1v) is 10.8. The summed E-state index contributed by atoms with van der Waals surface area (Å²) >= 11 is -1.65. The number of piperidine rings is 1. The van der Waals surface area contributed by atoms with Gasteiger partial charge in [0.2, 0.25) is 11.7 Å². The van der Waals surface area contributed by atoms with Crippen molar-refractivity contribution in [2.45, 2.75) is 28.7 Å². The van der Waals surface area contributed by atoms with E-state index in [0.717, 1.165) is 30.5 Å². The van der Waals surface area contributed by atoms with Crippen molar-refractivity contribution in [3.05, 3.63) is 36.5 Å². The molecule has 1 aliphatic heterocycles. The van der Waals surface area contributed by atoms with Gasteiger partial charge in [0.15, 0.2) is 0 Å². The second-order valence-corrected chi connectivity index (χ2v) is 7.90. The predicted octanol–water partition coefficient (Wildman–Crippen LogP) is 1.51. The minimum atomic E-state index is -2.52. The fourth-order valence-corrected chi connectivity index (χ4v) is 4.66. The van der Waals surface area contributed by atoms with Crippen molar-refractivity contribution < 1.29 is 13.5 Å². The summed E-state index contributed by atoms with van der Waals surface area (Å²) in [5.41, 5.74) is 1.12. The van der Waals surface area contributed by atoms with Gasteiger partial charge in [-0.2, -0.15) is 5.21 Å². The molecule has 1 saturated heterocycles. The van der Waals surface area contributed by atoms with E-state index in [2.05, 4.69) is 30.5 Å². The summed E-state index contributed by atoms with van der Waals surface area (Å²) in [7, 11) is 0. The molecule has 3 N–H and O–H groups in total. The number of aromatic amines is 1. The summed E-state index contributed by atoms with van der Waals surface area (Å²) in [6.45, 7) is 1.37. The third-order valence-electron chi connectivity index (χ3n) is 4.67. The van der Waals surface area contributed by atoms with Gasteiger partial charge in [0.05, 0.1) is 10.5 Å². The zero-order chi connectivity index (χ0) is 20.2. The molecule has 10 nitrogen and oxygen atoms in total. The van der Waals surface area contributed by atoms with E-state index in [1.165, 1.54) is 0 Å². The standard InChI is InChI=1S/C17H19N7O3S2/c18-28-13-5-4-12(15(16(13)29(25)26)17-20-22-23-21-17)24-9-6-11(7-10-24)27-14-3-1-2-8-19-14/h1-5,8,11H,6-7,9-10,18H2,(H,25,26)(H,20,21,22,23)/p-1. The van der Waals surface area contributed by atoms with Crippen LogP contribution < -0.4 is 14.8 Å². The molecule has 29 heavy (non-hydrogen) atoms. The van der Waals surface area contributed by atoms with Gasteiger partial charge in [-0.1, -0.05) is 6.07 Å². The Balaban J connectivity index is 1.61. The van der Waals surface area contributed by atoms with Crippen molar-refractivity contribution in [1.82, 2.24) is 25.6 Å². The van der Waals surface area contributed by atoms with E-state index in [9.17, 15) is 8.76 Å². The quantitative estimate of drug-likeness (QED) is 0.434. The molecule has 1 atom stereocenters. The highest BCUT2D eigenvalue weighted by atomic mass is 32.2. The number of H-pyrrole nitrogens is 1. The molecule has 0 saturated carbocycles. The van der Waals surface area contributed by atoms with Crippen LogP contribution in [0.5, 0.6) is 5.88 Å². The molecule has 2 aromatic heterocycles. The first-order valence-electron chi connectivity index (χ1n) is 8.87. The zero-order valence-corrected chi connectivity index (χ0v) is 16.9. The average Bonchev–Trinajstić information content (AvgIpc) is 3.28. The molecule has 3 aromatic rings. The average molecular weight is 433 g/mol. The molecule has 152 valence electrons. The lowest BCUT2D eigenvalue weighted by Gasteiger charge is -2.35. The number of nitrogens with one attached hydrogen (secondary N) is 1. The van der Waals surface area contributed by atoms with Gasteiger partial charge in [-0.3, -0.25) is 9.35 Å². The third-order valence-corrected chi connectivity index (χ3v) is 6.15. The maximum Gasteiger partial charge on any atom is 0.213 e. The number of pyridine rings is 1. The van der Waals surface area contributed by atoms with E-state index < -0.39 is 11.1 Å². The number of benzene rings is 1. The van der Waals surface area contributed by atoms with Crippen LogP contribution in [0.4, 0.5) is 5.69 Å². The second-order valence-electron chi connectivity index (χ2n) is 6.35. The lowest BCUT2D eigenvalue weighted by Crippen LogP contribution is -2.38. The molecule has 0 bridgehead atoms. The molecular formula is C17H18N7O3S2-. The molecule has 0 aliphatic carbocycles. The topological polar surface area (TPSA) is 146 Å². The monoisotopic (exact) mass is 432 g/mol. The van der Waals surface area contributed by atoms with Crippen molar-refractivity contribution in [2.75, 3.05) is 18.0 Å². The number of rotatable bonds is 6. The first-order chi connectivity index (χ1) is 14.2. The highest BCUT2D eigenvalue weighted by Crippen LogP contribution is 2.39. The van der Waals surface area contributed by atoms with E-state index in [1.54, 1.807) is 12.3 Å². The molecule has 1 unspecified atom stereocenters. The van der Waals surface area contributed by atoms with E-state index in [-0.39, 0.29) is 16.8 Å². The minimum absolute atomic E-state index is 0.0433. The smallest absolute Gasteiger partial charge is 0.213 e. The Morgan fingerprint density at radius 2 is 2.10 bits per heavy atom. The number of hydrogen-bond donors (Lipinski definition) is 2. The van der Waals surface area contributed by atoms with Crippen LogP contribution in [-0.4, -0.2) is 53.6 Å². The van der Waals surface area contributed by atoms with Crippen LogP contribution >= 0.6 is 11.9 Å². The van der Waals surface area contributed by atoms with Crippen LogP contribution in [0.2, 0.25) is 0 Å². The largest absolute Gasteiger partial charge is 0.768 e. The molecule has 12 heteroatoms. The summed E-state index contributed by atoms with van der Waals surface area (Å²) in [5, 5.41) is 19.6. The highest BCUT2D eigenvalue weighted by Gasteiger charge is 2.27. The van der Waals surface area contributed by atoms with Crippen LogP contribution in [0.1, 0.15) is 12.8 Å². The number of hydrogen-bond acceptors (Lipinski definition) is 10. The van der Waals surface area contributed by atoms with Crippen LogP contribution in [0, 0.1) is 0 Å². The molecule has 0 spiro atoms. The van der Waals surface area contributed by atoms with Crippen molar-refractivity contribution in [2.24, 2.45) is 5.14 Å². The Hall–Kier alpha value is -2.54. The van der Waals surface area contributed by atoms with E-state index >= 15 is 0 Å². The summed E-state index contributed by atoms with van der Waals surface area (Å²) in [6.07, 6.45) is 3.28. The van der Waals surface area contributed by atoms with Gasteiger partial charge in [0.25, 0.3) is 0 Å². The number of aromatic nitrogens is 5. The number of nitrogens with zero attached hydrogens (tertiary/aromatic N) is 5. The van der Waals surface area contributed by atoms with Gasteiger partial charge in [-0.15, -0.1) is 10.2 Å². The molecule has 0 amide bonds. The Kier molecular flexibility index (Phi) is 6.04. The highest BCUT2D eigenvalue weighted by molar-refractivity contribution is 7.97. The molecule has 1 fully saturated rings. The van der Waals surface area contributed by atoms with Gasteiger partial charge in [0, 0.05) is 48.8 Å². The lowest BCUT2D eigenvalue weighted by molar-refractivity contribution is 0.164. The summed E-state index contributed by atoms with van der Waals surface area (Å²) in [6, 6.07) is 9.11. The lowest BCUT2D eigenvalue weighted by atomic mass is 10.0. The molecule has 0 radical (unpaired) electrons. The zero-order valence-electron chi connectivity index (χ0n) is 15.2. The molecule has 3 heterocycles. The maximum atomic E-state index is 12.0. The summed E-state index contributed by atoms with van der Waals surface area (Å²) in [5.74, 6) is 0.814. The Morgan fingerprint density at radius 3 is 2.72 bits per heavy atom. The second kappa shape index (κ2) is 8.86. The SMILES string of the molecule is NSc1ccc(N2CCC(Oc3ccccn3)CC2)c(-c2nn[nH]n2)c1S(=O)[O-]. The molecule has 4 rings (SSSR count). The third kappa shape index (κ3) is 4.24. The fraction of sp³-hybridized carbons (Fsp3) is 0.294. The van der Waals surface area contributed by atoms with Gasteiger partial charge in [-0.05, 0) is 46.4 Å². The summed E-state index contributed by atoms with van der Waals surface area (Å²) < 4.78 is 29.9. The fourth-order valence-electron chi connectivity index (χ4n) is 3.36. The van der Waals surface area contributed by atoms with Gasteiger partial charge >= 0.3 is 0 Å². The van der Waals surface area contributed by atoms with Crippen molar-refractivity contribution in [3.63, 3.8) is 0 Å². The van der Waals surface area contributed by atoms with Crippen molar-refractivity contribution in [1.29, 1.82) is 0 Å². The van der Waals surface area contributed by atoms with Gasteiger partial charge < -0.3 is 14.2 Å². The Morgan fingerprint density at radius 1 is 1.28 bits per heavy atom. The molecule has 1 aliphatic rings. The summed E-state index contributed by atoms with van der Waals surface area (Å²) in [4.78, 5) is 6.80. The normalized spacial score (nSPS) is 16.0. The maximum absolute atomic E-state index is 12.0. The van der Waals surface area contributed by atoms with E-state index in [1.807, 2.05) is 24.3 Å². The number of ether oxygens (including phenoxy) is 1. The minimum Gasteiger partial charge on any atom is -0.768 e. The number of nitrogens with two attached hydrogens (primary N) is 1. The van der Waals surface area contributed by atoms with Gasteiger partial charge in [0.1, 0.15) is 6.10 Å². The van der Waals surface area contributed by atoms with Crippen molar-refractivity contribution >= 4 is 28.7 Å². The first kappa shape index (κ1) is 19.8.